The first-order chi connectivity index (χ1) is 14.3. The molecule has 4 rings (SSSR count). The van der Waals surface area contributed by atoms with Gasteiger partial charge in [0.15, 0.2) is 11.5 Å². The van der Waals surface area contributed by atoms with Gasteiger partial charge in [0.25, 0.3) is 0 Å². The Hall–Kier alpha value is -2.74. The average molecular weight is 431 g/mol. The quantitative estimate of drug-likeness (QED) is 0.789. The molecule has 160 valence electrons. The standard InChI is InChI=1S/C22H26N2O5S/c1-15(22(25)23-19-9-5-7-16-6-3-4-8-18(16)19)24(30(2,26)27)17-10-11-20-21(14-17)29-13-12-28-20/h3-4,6,8,10-11,14-15,19H,5,7,9,12-13H2,1-2H3,(H,23,25)/t15-,19+/m0/s1. The number of nitrogens with one attached hydrogen (secondary N) is 1. The summed E-state index contributed by atoms with van der Waals surface area (Å²) in [7, 11) is -3.71. The van der Waals surface area contributed by atoms with E-state index in [1.54, 1.807) is 25.1 Å². The molecule has 1 aliphatic heterocycles. The molecule has 1 aliphatic carbocycles. The van der Waals surface area contributed by atoms with Crippen molar-refractivity contribution in [3.05, 3.63) is 53.6 Å². The smallest absolute Gasteiger partial charge is 0.244 e. The lowest BCUT2D eigenvalue weighted by Crippen LogP contribution is -2.49. The summed E-state index contributed by atoms with van der Waals surface area (Å²) in [6.45, 7) is 2.44. The van der Waals surface area contributed by atoms with Crippen LogP contribution < -0.4 is 19.1 Å². The Morgan fingerprint density at radius 1 is 1.13 bits per heavy atom. The molecule has 0 unspecified atom stereocenters. The highest BCUT2D eigenvalue weighted by Gasteiger charge is 2.32. The fraction of sp³-hybridized carbons (Fsp3) is 0.409. The van der Waals surface area contributed by atoms with Gasteiger partial charge in [-0.15, -0.1) is 0 Å². The number of amides is 1. The number of hydrogen-bond acceptors (Lipinski definition) is 5. The van der Waals surface area contributed by atoms with E-state index in [0.717, 1.165) is 35.4 Å². The number of benzene rings is 2. The van der Waals surface area contributed by atoms with Crippen LogP contribution in [0.3, 0.4) is 0 Å². The Morgan fingerprint density at radius 3 is 2.63 bits per heavy atom. The fourth-order valence-corrected chi connectivity index (χ4v) is 5.34. The van der Waals surface area contributed by atoms with Crippen LogP contribution in [0, 0.1) is 0 Å². The van der Waals surface area contributed by atoms with Gasteiger partial charge in [0.2, 0.25) is 15.9 Å². The summed E-state index contributed by atoms with van der Waals surface area (Å²) in [6, 6.07) is 11.9. The van der Waals surface area contributed by atoms with Crippen molar-refractivity contribution in [3.8, 4) is 11.5 Å². The maximum atomic E-state index is 13.1. The number of carbonyl (C=O) groups excluding carboxylic acids is 1. The summed E-state index contributed by atoms with van der Waals surface area (Å²) in [5.41, 5.74) is 2.71. The van der Waals surface area contributed by atoms with Gasteiger partial charge in [0, 0.05) is 6.07 Å². The maximum Gasteiger partial charge on any atom is 0.244 e. The second-order valence-corrected chi connectivity index (χ2v) is 9.57. The maximum absolute atomic E-state index is 13.1. The first-order valence-electron chi connectivity index (χ1n) is 10.1. The van der Waals surface area contributed by atoms with Crippen LogP contribution in [-0.2, 0) is 21.2 Å². The van der Waals surface area contributed by atoms with Gasteiger partial charge in [-0.05, 0) is 49.4 Å². The van der Waals surface area contributed by atoms with Crippen molar-refractivity contribution in [3.63, 3.8) is 0 Å². The molecule has 1 amide bonds. The molecule has 0 saturated carbocycles. The predicted octanol–water partition coefficient (Wildman–Crippen LogP) is 2.81. The second kappa shape index (κ2) is 8.18. The lowest BCUT2D eigenvalue weighted by molar-refractivity contribution is -0.122. The van der Waals surface area contributed by atoms with E-state index in [2.05, 4.69) is 11.4 Å². The van der Waals surface area contributed by atoms with Gasteiger partial charge in [-0.25, -0.2) is 8.42 Å². The Kier molecular flexibility index (Phi) is 5.60. The topological polar surface area (TPSA) is 84.9 Å². The molecule has 2 atom stereocenters. The number of ether oxygens (including phenoxy) is 2. The molecule has 0 aromatic heterocycles. The summed E-state index contributed by atoms with van der Waals surface area (Å²) < 4.78 is 37.4. The third-order valence-corrected chi connectivity index (χ3v) is 6.80. The summed E-state index contributed by atoms with van der Waals surface area (Å²) in [4.78, 5) is 13.1. The van der Waals surface area contributed by atoms with Crippen LogP contribution in [0.25, 0.3) is 0 Å². The molecule has 2 aromatic carbocycles. The molecule has 2 aliphatic rings. The van der Waals surface area contributed by atoms with Gasteiger partial charge in [-0.3, -0.25) is 9.10 Å². The zero-order chi connectivity index (χ0) is 21.3. The monoisotopic (exact) mass is 430 g/mol. The second-order valence-electron chi connectivity index (χ2n) is 7.71. The van der Waals surface area contributed by atoms with Gasteiger partial charge < -0.3 is 14.8 Å². The van der Waals surface area contributed by atoms with Crippen LogP contribution in [0.5, 0.6) is 11.5 Å². The van der Waals surface area contributed by atoms with E-state index < -0.39 is 16.1 Å². The third-order valence-electron chi connectivity index (χ3n) is 5.55. The number of rotatable bonds is 5. The number of nitrogens with zero attached hydrogens (tertiary/aromatic N) is 1. The third kappa shape index (κ3) is 4.09. The molecule has 2 aromatic rings. The lowest BCUT2D eigenvalue weighted by atomic mass is 9.87. The average Bonchev–Trinajstić information content (AvgIpc) is 2.73. The number of anilines is 1. The van der Waals surface area contributed by atoms with E-state index >= 15 is 0 Å². The molecule has 0 radical (unpaired) electrons. The number of hydrogen-bond donors (Lipinski definition) is 1. The number of sulfonamides is 1. The van der Waals surface area contributed by atoms with Gasteiger partial charge in [-0.2, -0.15) is 0 Å². The van der Waals surface area contributed by atoms with E-state index in [1.165, 1.54) is 5.56 Å². The van der Waals surface area contributed by atoms with Crippen molar-refractivity contribution >= 4 is 21.6 Å². The van der Waals surface area contributed by atoms with Crippen molar-refractivity contribution in [1.82, 2.24) is 5.32 Å². The summed E-state index contributed by atoms with van der Waals surface area (Å²) in [5.74, 6) is 0.701. The SMILES string of the molecule is C[C@@H](C(=O)N[C@@H]1CCCc2ccccc21)N(c1ccc2c(c1)OCCO2)S(C)(=O)=O. The molecule has 7 nitrogen and oxygen atoms in total. The van der Waals surface area contributed by atoms with Crippen molar-refractivity contribution < 1.29 is 22.7 Å². The first kappa shape index (κ1) is 20.5. The molecular weight excluding hydrogens is 404 g/mol. The summed E-state index contributed by atoms with van der Waals surface area (Å²) in [6.07, 6.45) is 3.90. The van der Waals surface area contributed by atoms with E-state index in [4.69, 9.17) is 9.47 Å². The minimum absolute atomic E-state index is 0.119. The van der Waals surface area contributed by atoms with E-state index in [0.29, 0.717) is 30.4 Å². The summed E-state index contributed by atoms with van der Waals surface area (Å²) >= 11 is 0. The number of fused-ring (bicyclic) bond motifs is 2. The molecule has 8 heteroatoms. The van der Waals surface area contributed by atoms with Crippen LogP contribution in [0.1, 0.15) is 36.9 Å². The Labute approximate surface area is 177 Å². The van der Waals surface area contributed by atoms with Gasteiger partial charge in [-0.1, -0.05) is 24.3 Å². The molecule has 0 saturated heterocycles. The van der Waals surface area contributed by atoms with Crippen molar-refractivity contribution in [1.29, 1.82) is 0 Å². The minimum atomic E-state index is -3.71. The zero-order valence-corrected chi connectivity index (χ0v) is 17.9. The van der Waals surface area contributed by atoms with E-state index in [-0.39, 0.29) is 11.9 Å². The van der Waals surface area contributed by atoms with Crippen LogP contribution >= 0.6 is 0 Å². The highest BCUT2D eigenvalue weighted by molar-refractivity contribution is 7.92. The van der Waals surface area contributed by atoms with Crippen molar-refractivity contribution in [2.24, 2.45) is 0 Å². The van der Waals surface area contributed by atoms with Crippen LogP contribution in [0.4, 0.5) is 5.69 Å². The predicted molar refractivity (Wildman–Crippen MR) is 114 cm³/mol. The molecular formula is C22H26N2O5S. The van der Waals surface area contributed by atoms with Crippen molar-refractivity contribution in [2.75, 3.05) is 23.8 Å². The van der Waals surface area contributed by atoms with Gasteiger partial charge >= 0.3 is 0 Å². The molecule has 0 fully saturated rings. The number of carbonyl (C=O) groups is 1. The van der Waals surface area contributed by atoms with Crippen LogP contribution in [-0.4, -0.2) is 39.8 Å². The lowest BCUT2D eigenvalue weighted by Gasteiger charge is -2.32. The highest BCUT2D eigenvalue weighted by Crippen LogP contribution is 2.36. The van der Waals surface area contributed by atoms with E-state index in [1.807, 2.05) is 18.2 Å². The fourth-order valence-electron chi connectivity index (χ4n) is 4.17. The Balaban J connectivity index is 1.59. The van der Waals surface area contributed by atoms with Gasteiger partial charge in [0.05, 0.1) is 18.0 Å². The first-order valence-corrected chi connectivity index (χ1v) is 12.0. The van der Waals surface area contributed by atoms with Crippen molar-refractivity contribution in [2.45, 2.75) is 38.3 Å². The zero-order valence-electron chi connectivity index (χ0n) is 17.1. The molecule has 1 heterocycles. The normalized spacial score (nSPS) is 18.8. The number of aryl methyl sites for hydroxylation is 1. The molecule has 0 bridgehead atoms. The van der Waals surface area contributed by atoms with Crippen LogP contribution in [0.2, 0.25) is 0 Å². The Morgan fingerprint density at radius 2 is 1.87 bits per heavy atom. The largest absolute Gasteiger partial charge is 0.486 e. The molecule has 1 N–H and O–H groups in total. The van der Waals surface area contributed by atoms with Crippen LogP contribution in [0.15, 0.2) is 42.5 Å². The molecule has 30 heavy (non-hydrogen) atoms. The minimum Gasteiger partial charge on any atom is -0.486 e. The van der Waals surface area contributed by atoms with E-state index in [9.17, 15) is 13.2 Å². The molecule has 0 spiro atoms. The highest BCUT2D eigenvalue weighted by atomic mass is 32.2. The Bertz CT molecular complexity index is 1050. The summed E-state index contributed by atoms with van der Waals surface area (Å²) in [5, 5.41) is 3.06. The van der Waals surface area contributed by atoms with Gasteiger partial charge in [0.1, 0.15) is 19.3 Å².